The molecule has 1 aromatic heterocycles. The molecule has 1 aromatic carbocycles. The third kappa shape index (κ3) is 2.60. The molecule has 0 amide bonds. The van der Waals surface area contributed by atoms with E-state index in [2.05, 4.69) is 14.7 Å². The number of nitrogens with two attached hydrogens (primary N) is 1. The third-order valence-electron chi connectivity index (χ3n) is 2.32. The number of hydrogen-bond donors (Lipinski definition) is 2. The first-order valence-corrected chi connectivity index (χ1v) is 6.44. The minimum absolute atomic E-state index is 0.146. The number of carbonyl (C=O) groups excluding carboxylic acids is 1. The van der Waals surface area contributed by atoms with Crippen molar-refractivity contribution < 1.29 is 4.79 Å². The van der Waals surface area contributed by atoms with Gasteiger partial charge in [0.05, 0.1) is 11.9 Å². The summed E-state index contributed by atoms with van der Waals surface area (Å²) in [4.78, 5) is 18.9. The fourth-order valence-electron chi connectivity index (χ4n) is 1.50. The molecule has 0 spiro atoms. The molecule has 0 atom stereocenters. The molecular weight excluding hydrogens is 248 g/mol. The summed E-state index contributed by atoms with van der Waals surface area (Å²) in [5.74, 6) is 0.146. The monoisotopic (exact) mass is 260 g/mol. The van der Waals surface area contributed by atoms with Gasteiger partial charge in [-0.05, 0) is 12.1 Å². The number of carbonyl (C=O) groups is 1. The number of nitrogens with one attached hydrogen (secondary N) is 1. The molecule has 5 nitrogen and oxygen atoms in total. The zero-order chi connectivity index (χ0) is 13.0. The van der Waals surface area contributed by atoms with Crippen molar-refractivity contribution in [2.24, 2.45) is 0 Å². The van der Waals surface area contributed by atoms with Crippen LogP contribution in [-0.4, -0.2) is 22.5 Å². The standard InChI is InChI=1S/C12H12N4OS/c1-18-16-9-4-2-3-8(5-9)10-6-14-12(13)11(7-17)15-10/h2-7,16H,1H3,(H2,13,14). The van der Waals surface area contributed by atoms with Crippen molar-refractivity contribution in [3.8, 4) is 11.3 Å². The van der Waals surface area contributed by atoms with Crippen LogP contribution in [0.2, 0.25) is 0 Å². The molecule has 0 unspecified atom stereocenters. The maximum atomic E-state index is 10.8. The van der Waals surface area contributed by atoms with E-state index in [0.29, 0.717) is 12.0 Å². The maximum Gasteiger partial charge on any atom is 0.172 e. The van der Waals surface area contributed by atoms with Gasteiger partial charge in [-0.25, -0.2) is 9.97 Å². The summed E-state index contributed by atoms with van der Waals surface area (Å²) in [7, 11) is 0. The first-order valence-electron chi connectivity index (χ1n) is 5.21. The van der Waals surface area contributed by atoms with Crippen molar-refractivity contribution in [1.29, 1.82) is 0 Å². The molecule has 0 fully saturated rings. The van der Waals surface area contributed by atoms with Gasteiger partial charge >= 0.3 is 0 Å². The van der Waals surface area contributed by atoms with E-state index >= 15 is 0 Å². The van der Waals surface area contributed by atoms with E-state index < -0.39 is 0 Å². The summed E-state index contributed by atoms with van der Waals surface area (Å²) >= 11 is 1.51. The van der Waals surface area contributed by atoms with Gasteiger partial charge in [-0.15, -0.1) is 0 Å². The van der Waals surface area contributed by atoms with Crippen molar-refractivity contribution in [2.45, 2.75) is 0 Å². The highest BCUT2D eigenvalue weighted by Crippen LogP contribution is 2.22. The van der Waals surface area contributed by atoms with E-state index in [-0.39, 0.29) is 11.5 Å². The van der Waals surface area contributed by atoms with E-state index in [0.717, 1.165) is 11.3 Å². The van der Waals surface area contributed by atoms with Gasteiger partial charge < -0.3 is 10.5 Å². The van der Waals surface area contributed by atoms with Crippen LogP contribution >= 0.6 is 11.9 Å². The normalized spacial score (nSPS) is 10.1. The molecule has 6 heteroatoms. The van der Waals surface area contributed by atoms with Crippen molar-refractivity contribution >= 4 is 29.7 Å². The van der Waals surface area contributed by atoms with E-state index in [4.69, 9.17) is 5.73 Å². The van der Waals surface area contributed by atoms with Gasteiger partial charge in [-0.2, -0.15) is 0 Å². The van der Waals surface area contributed by atoms with E-state index in [1.165, 1.54) is 11.9 Å². The van der Waals surface area contributed by atoms with E-state index in [9.17, 15) is 4.79 Å². The second-order valence-electron chi connectivity index (χ2n) is 3.53. The lowest BCUT2D eigenvalue weighted by atomic mass is 10.1. The molecule has 0 aliphatic rings. The predicted octanol–water partition coefficient (Wildman–Crippen LogP) is 2.23. The summed E-state index contributed by atoms with van der Waals surface area (Å²) in [6.07, 6.45) is 4.11. The predicted molar refractivity (Wildman–Crippen MR) is 74.4 cm³/mol. The van der Waals surface area contributed by atoms with Crippen LogP contribution in [0.25, 0.3) is 11.3 Å². The average Bonchev–Trinajstić information content (AvgIpc) is 2.40. The summed E-state index contributed by atoms with van der Waals surface area (Å²) in [5, 5.41) is 0. The highest BCUT2D eigenvalue weighted by atomic mass is 32.2. The van der Waals surface area contributed by atoms with Gasteiger partial charge in [0.1, 0.15) is 5.69 Å². The van der Waals surface area contributed by atoms with Crippen molar-refractivity contribution in [2.75, 3.05) is 16.7 Å². The molecule has 0 saturated carbocycles. The van der Waals surface area contributed by atoms with Crippen LogP contribution in [0.5, 0.6) is 0 Å². The van der Waals surface area contributed by atoms with Gasteiger partial charge in [0.25, 0.3) is 0 Å². The number of nitrogens with zero attached hydrogens (tertiary/aromatic N) is 2. The Morgan fingerprint density at radius 1 is 1.44 bits per heavy atom. The second-order valence-corrected chi connectivity index (χ2v) is 4.14. The Kier molecular flexibility index (Phi) is 3.78. The van der Waals surface area contributed by atoms with Gasteiger partial charge in [-0.1, -0.05) is 24.1 Å². The summed E-state index contributed by atoms with van der Waals surface area (Å²) in [6.45, 7) is 0. The molecule has 0 aliphatic heterocycles. The van der Waals surface area contributed by atoms with E-state index in [1.54, 1.807) is 6.20 Å². The summed E-state index contributed by atoms with van der Waals surface area (Å²) in [6, 6.07) is 7.70. The second kappa shape index (κ2) is 5.50. The van der Waals surface area contributed by atoms with Crippen molar-refractivity contribution in [3.63, 3.8) is 0 Å². The van der Waals surface area contributed by atoms with Crippen LogP contribution in [0.4, 0.5) is 11.5 Å². The SMILES string of the molecule is CSNc1cccc(-c2cnc(N)c(C=O)n2)c1. The van der Waals surface area contributed by atoms with Crippen LogP contribution in [0.3, 0.4) is 0 Å². The molecule has 3 N–H and O–H groups in total. The topological polar surface area (TPSA) is 80.9 Å². The van der Waals surface area contributed by atoms with E-state index in [1.807, 2.05) is 30.5 Å². The quantitative estimate of drug-likeness (QED) is 0.648. The smallest absolute Gasteiger partial charge is 0.172 e. The molecule has 0 radical (unpaired) electrons. The van der Waals surface area contributed by atoms with Crippen molar-refractivity contribution in [1.82, 2.24) is 9.97 Å². The average molecular weight is 260 g/mol. The number of aldehydes is 1. The zero-order valence-corrected chi connectivity index (χ0v) is 10.6. The van der Waals surface area contributed by atoms with Gasteiger partial charge in [-0.3, -0.25) is 4.79 Å². The number of hydrogen-bond acceptors (Lipinski definition) is 6. The molecule has 0 bridgehead atoms. The maximum absolute atomic E-state index is 10.8. The molecule has 2 rings (SSSR count). The fourth-order valence-corrected chi connectivity index (χ4v) is 1.86. The molecule has 2 aromatic rings. The number of anilines is 2. The van der Waals surface area contributed by atoms with Gasteiger partial charge in [0.2, 0.25) is 0 Å². The lowest BCUT2D eigenvalue weighted by molar-refractivity contribution is 0.111. The molecular formula is C12H12N4OS. The first-order chi connectivity index (χ1) is 8.74. The van der Waals surface area contributed by atoms with Crippen molar-refractivity contribution in [3.05, 3.63) is 36.2 Å². The Balaban J connectivity index is 2.41. The Morgan fingerprint density at radius 2 is 2.28 bits per heavy atom. The molecule has 1 heterocycles. The van der Waals surface area contributed by atoms with Crippen LogP contribution < -0.4 is 10.5 Å². The Morgan fingerprint density at radius 3 is 3.00 bits per heavy atom. The summed E-state index contributed by atoms with van der Waals surface area (Å²) in [5.41, 5.74) is 8.16. The van der Waals surface area contributed by atoms with Crippen LogP contribution in [-0.2, 0) is 0 Å². The Hall–Kier alpha value is -2.08. The molecule has 18 heavy (non-hydrogen) atoms. The number of aromatic nitrogens is 2. The highest BCUT2D eigenvalue weighted by molar-refractivity contribution is 7.99. The van der Waals surface area contributed by atoms with Crippen LogP contribution in [0, 0.1) is 0 Å². The zero-order valence-electron chi connectivity index (χ0n) is 9.75. The number of rotatable bonds is 4. The molecule has 0 aliphatic carbocycles. The molecule has 0 saturated heterocycles. The number of nitrogen functional groups attached to an aromatic ring is 1. The van der Waals surface area contributed by atoms with Gasteiger partial charge in [0, 0.05) is 17.5 Å². The van der Waals surface area contributed by atoms with Gasteiger partial charge in [0.15, 0.2) is 12.1 Å². The lowest BCUT2D eigenvalue weighted by Gasteiger charge is -2.06. The number of benzene rings is 1. The van der Waals surface area contributed by atoms with Crippen LogP contribution in [0.1, 0.15) is 10.5 Å². The summed E-state index contributed by atoms with van der Waals surface area (Å²) < 4.78 is 3.13. The minimum atomic E-state index is 0.146. The van der Waals surface area contributed by atoms with Crippen LogP contribution in [0.15, 0.2) is 30.5 Å². The Labute approximate surface area is 109 Å². The Bertz CT molecular complexity index is 574. The first kappa shape index (κ1) is 12.4. The largest absolute Gasteiger partial charge is 0.382 e. The third-order valence-corrected chi connectivity index (χ3v) is 2.76. The fraction of sp³-hybridized carbons (Fsp3) is 0.0833. The lowest BCUT2D eigenvalue weighted by Crippen LogP contribution is -2.01. The molecule has 92 valence electrons. The minimum Gasteiger partial charge on any atom is -0.382 e. The highest BCUT2D eigenvalue weighted by Gasteiger charge is 2.06.